The molecule has 0 spiro atoms. The summed E-state index contributed by atoms with van der Waals surface area (Å²) in [6.45, 7) is 6.34. The molecule has 0 aromatic rings. The summed E-state index contributed by atoms with van der Waals surface area (Å²) < 4.78 is 16.3. The van der Waals surface area contributed by atoms with Crippen LogP contribution in [0.1, 0.15) is 78.6 Å². The number of hydrogen-bond donors (Lipinski definition) is 2. The molecule has 29 heavy (non-hydrogen) atoms. The minimum Gasteiger partial charge on any atom is -0.386 e. The van der Waals surface area contributed by atoms with Crippen molar-refractivity contribution in [2.45, 2.75) is 84.2 Å². The van der Waals surface area contributed by atoms with Crippen molar-refractivity contribution in [1.29, 1.82) is 0 Å². The van der Waals surface area contributed by atoms with E-state index in [4.69, 9.17) is 11.6 Å². The van der Waals surface area contributed by atoms with Gasteiger partial charge in [0.1, 0.15) is 18.0 Å². The Morgan fingerprint density at radius 2 is 1.90 bits per heavy atom. The van der Waals surface area contributed by atoms with Crippen molar-refractivity contribution >= 4 is 11.6 Å². The van der Waals surface area contributed by atoms with Gasteiger partial charge in [-0.1, -0.05) is 13.8 Å². The van der Waals surface area contributed by atoms with Crippen molar-refractivity contribution < 1.29 is 9.18 Å². The van der Waals surface area contributed by atoms with E-state index in [1.165, 1.54) is 5.12 Å². The molecule has 4 saturated carbocycles. The smallest absolute Gasteiger partial charge is 0.159 e. The van der Waals surface area contributed by atoms with Crippen LogP contribution in [0.4, 0.5) is 4.39 Å². The molecule has 0 aliphatic heterocycles. The molecular formula is C23H39FN4O. The van der Waals surface area contributed by atoms with Crippen molar-refractivity contribution in [3.8, 4) is 0 Å². The number of hydrazone groups is 1. The molecule has 4 rings (SSSR count). The van der Waals surface area contributed by atoms with Crippen LogP contribution in [0.3, 0.4) is 0 Å². The minimum atomic E-state index is -0.958. The highest BCUT2D eigenvalue weighted by molar-refractivity contribution is 5.84. The average molecular weight is 407 g/mol. The van der Waals surface area contributed by atoms with E-state index in [9.17, 15) is 4.79 Å². The Balaban J connectivity index is 1.50. The first-order valence-electron chi connectivity index (χ1n) is 11.7. The van der Waals surface area contributed by atoms with Gasteiger partial charge in [-0.15, -0.1) is 5.10 Å². The Hall–Kier alpha value is -1.17. The fourth-order valence-electron chi connectivity index (χ4n) is 8.03. The van der Waals surface area contributed by atoms with E-state index < -0.39 is 5.67 Å². The molecule has 4 aliphatic rings. The van der Waals surface area contributed by atoms with E-state index in [1.807, 2.05) is 0 Å². The highest BCUT2D eigenvalue weighted by Crippen LogP contribution is 2.66. The fraction of sp³-hybridized carbons (Fsp3) is 0.913. The standard InChI is InChI=1S/C23H39FN4O/c1-14-8-11-23(24)16(12-14)4-5-17-18-6-7-20(22(18,3)10-9-19(17)23)21(29)13-28(26)27-15(2)25/h14,16-20H,4-13,26H2,1-3H3,(H2,25,27)/t14-,16+,17-,18?,19?,20+,22-,23+/m0/s1. The van der Waals surface area contributed by atoms with Crippen molar-refractivity contribution in [3.05, 3.63) is 0 Å². The molecular weight excluding hydrogens is 367 g/mol. The number of nitrogens with two attached hydrogens (primary N) is 2. The summed E-state index contributed by atoms with van der Waals surface area (Å²) in [5.41, 5.74) is 4.60. The van der Waals surface area contributed by atoms with Gasteiger partial charge in [0.25, 0.3) is 0 Å². The molecule has 4 fully saturated rings. The number of rotatable bonds is 4. The number of alkyl halides is 1. The third-order valence-corrected chi connectivity index (χ3v) is 9.28. The van der Waals surface area contributed by atoms with Crippen LogP contribution < -0.4 is 11.6 Å². The maximum atomic E-state index is 16.3. The molecule has 6 heteroatoms. The van der Waals surface area contributed by atoms with Gasteiger partial charge < -0.3 is 5.73 Å². The van der Waals surface area contributed by atoms with E-state index in [0.717, 1.165) is 57.8 Å². The Labute approximate surface area is 174 Å². The Morgan fingerprint density at radius 1 is 1.14 bits per heavy atom. The monoisotopic (exact) mass is 406 g/mol. The average Bonchev–Trinajstić information content (AvgIpc) is 2.99. The second-order valence-electron chi connectivity index (χ2n) is 10.9. The largest absolute Gasteiger partial charge is 0.386 e. The number of carbonyl (C=O) groups excluding carboxylic acids is 1. The number of fused-ring (bicyclic) bond motifs is 5. The lowest BCUT2D eigenvalue weighted by Crippen LogP contribution is -2.56. The van der Waals surface area contributed by atoms with Gasteiger partial charge in [0.05, 0.1) is 0 Å². The van der Waals surface area contributed by atoms with Crippen LogP contribution in [0.15, 0.2) is 5.10 Å². The van der Waals surface area contributed by atoms with Crippen LogP contribution >= 0.6 is 0 Å². The molecule has 5 nitrogen and oxygen atoms in total. The molecule has 0 saturated heterocycles. The molecule has 0 aromatic heterocycles. The normalized spacial score (nSPS) is 47.1. The predicted octanol–water partition coefficient (Wildman–Crippen LogP) is 4.02. The zero-order chi connectivity index (χ0) is 21.0. The van der Waals surface area contributed by atoms with Gasteiger partial charge in [-0.25, -0.2) is 15.4 Å². The maximum Gasteiger partial charge on any atom is 0.159 e. The molecule has 0 radical (unpaired) electrons. The molecule has 2 unspecified atom stereocenters. The number of amidine groups is 1. The van der Waals surface area contributed by atoms with Gasteiger partial charge in [0, 0.05) is 5.92 Å². The van der Waals surface area contributed by atoms with Gasteiger partial charge >= 0.3 is 0 Å². The van der Waals surface area contributed by atoms with Gasteiger partial charge in [0.15, 0.2) is 5.78 Å². The SMILES string of the molecule is C/C(N)=N/N(N)CC(=O)[C@H]1CCC2[C@@H]3CC[C@@H]4C[C@@H](C)CC[C@]4(F)C3CC[C@@]21C. The van der Waals surface area contributed by atoms with E-state index in [1.54, 1.807) is 6.92 Å². The van der Waals surface area contributed by atoms with Crippen LogP contribution in [-0.4, -0.2) is 29.0 Å². The summed E-state index contributed by atoms with van der Waals surface area (Å²) in [5.74, 6) is 8.42. The van der Waals surface area contributed by atoms with Crippen LogP contribution in [0.2, 0.25) is 0 Å². The molecule has 4 N–H and O–H groups in total. The summed E-state index contributed by atoms with van der Waals surface area (Å²) in [6.07, 6.45) is 8.90. The Morgan fingerprint density at radius 3 is 2.62 bits per heavy atom. The molecule has 0 amide bonds. The zero-order valence-corrected chi connectivity index (χ0v) is 18.4. The van der Waals surface area contributed by atoms with E-state index in [2.05, 4.69) is 18.9 Å². The first-order chi connectivity index (χ1) is 13.6. The summed E-state index contributed by atoms with van der Waals surface area (Å²) >= 11 is 0. The highest BCUT2D eigenvalue weighted by atomic mass is 19.1. The number of halogens is 1. The maximum absolute atomic E-state index is 16.3. The topological polar surface area (TPSA) is 84.7 Å². The van der Waals surface area contributed by atoms with E-state index in [-0.39, 0.29) is 35.5 Å². The minimum absolute atomic E-state index is 0.00689. The summed E-state index contributed by atoms with van der Waals surface area (Å²) in [7, 11) is 0. The fourth-order valence-corrected chi connectivity index (χ4v) is 8.03. The summed E-state index contributed by atoms with van der Waals surface area (Å²) in [5, 5.41) is 5.15. The van der Waals surface area contributed by atoms with Gasteiger partial charge in [-0.2, -0.15) is 0 Å². The first-order valence-corrected chi connectivity index (χ1v) is 11.7. The van der Waals surface area contributed by atoms with Crippen molar-refractivity contribution in [1.82, 2.24) is 5.12 Å². The van der Waals surface area contributed by atoms with Crippen molar-refractivity contribution in [2.24, 2.45) is 57.6 Å². The predicted molar refractivity (Wildman–Crippen MR) is 113 cm³/mol. The number of hydrazine groups is 1. The second kappa shape index (κ2) is 7.51. The lowest BCUT2D eigenvalue weighted by Gasteiger charge is -2.58. The number of nitrogens with zero attached hydrogens (tertiary/aromatic N) is 2. The van der Waals surface area contributed by atoms with E-state index in [0.29, 0.717) is 23.6 Å². The van der Waals surface area contributed by atoms with Crippen molar-refractivity contribution in [3.63, 3.8) is 0 Å². The molecule has 0 heterocycles. The van der Waals surface area contributed by atoms with Crippen LogP contribution in [0.25, 0.3) is 0 Å². The number of hydrogen-bond acceptors (Lipinski definition) is 4. The van der Waals surface area contributed by atoms with Crippen molar-refractivity contribution in [2.75, 3.05) is 6.54 Å². The summed E-state index contributed by atoms with van der Waals surface area (Å²) in [6, 6.07) is 0. The lowest BCUT2D eigenvalue weighted by molar-refractivity contribution is -0.146. The molecule has 0 bridgehead atoms. The first kappa shape index (κ1) is 21.1. The number of ketones is 1. The van der Waals surface area contributed by atoms with Gasteiger partial charge in [-0.05, 0) is 99.7 Å². The zero-order valence-electron chi connectivity index (χ0n) is 18.4. The second-order valence-corrected chi connectivity index (χ2v) is 10.9. The quantitative estimate of drug-likeness (QED) is 0.320. The van der Waals surface area contributed by atoms with Gasteiger partial charge in [-0.3, -0.25) is 4.79 Å². The number of carbonyl (C=O) groups is 1. The molecule has 0 aromatic carbocycles. The van der Waals surface area contributed by atoms with E-state index >= 15 is 4.39 Å². The van der Waals surface area contributed by atoms with Crippen LogP contribution in [0.5, 0.6) is 0 Å². The highest BCUT2D eigenvalue weighted by Gasteiger charge is 2.62. The summed E-state index contributed by atoms with van der Waals surface area (Å²) in [4.78, 5) is 13.1. The molecule has 4 aliphatic carbocycles. The third-order valence-electron chi connectivity index (χ3n) is 9.28. The molecule has 8 atom stereocenters. The van der Waals surface area contributed by atoms with Crippen LogP contribution in [-0.2, 0) is 4.79 Å². The van der Waals surface area contributed by atoms with Gasteiger partial charge in [0.2, 0.25) is 0 Å². The Kier molecular flexibility index (Phi) is 5.46. The molecule has 164 valence electrons. The number of Topliss-reactive ketones (excluding diaryl/α,β-unsaturated/α-hetero) is 1. The lowest BCUT2D eigenvalue weighted by atomic mass is 9.48. The van der Waals surface area contributed by atoms with Crippen LogP contribution in [0, 0.1) is 40.9 Å². The Bertz CT molecular complexity index is 680. The third kappa shape index (κ3) is 3.49.